The predicted molar refractivity (Wildman–Crippen MR) is 186 cm³/mol. The maximum absolute atomic E-state index is 13.2. The second-order valence-electron chi connectivity index (χ2n) is 16.0. The summed E-state index contributed by atoms with van der Waals surface area (Å²) in [5, 5.41) is 8.60. The van der Waals surface area contributed by atoms with Crippen LogP contribution in [0.3, 0.4) is 0 Å². The summed E-state index contributed by atoms with van der Waals surface area (Å²) in [6.45, 7) is 12.5. The third-order valence-corrected chi connectivity index (χ3v) is 13.0. The number of methoxy groups -OCH3 is 1. The van der Waals surface area contributed by atoms with Gasteiger partial charge in [0, 0.05) is 6.42 Å². The van der Waals surface area contributed by atoms with E-state index >= 15 is 0 Å². The lowest BCUT2D eigenvalue weighted by Crippen LogP contribution is -2.51. The molecule has 0 saturated heterocycles. The van der Waals surface area contributed by atoms with E-state index in [0.717, 1.165) is 66.2 Å². The number of rotatable bonds is 10. The van der Waals surface area contributed by atoms with Crippen molar-refractivity contribution in [2.24, 2.45) is 56.6 Å². The van der Waals surface area contributed by atoms with Gasteiger partial charge in [-0.25, -0.2) is 4.79 Å². The fraction of sp³-hybridized carbons (Fsp3) is 0.634. The SMILES string of the molecule is COc1ccc(N=Nc2ccc(C(=O)OC3CC[C@@]4(C)C(=CCC5C4CC[C@@]4(C)C5CC[C@@H]4[C@H](C)CCCC(C)C)C3)cc2)cc1. The van der Waals surface area contributed by atoms with E-state index < -0.39 is 0 Å². The number of azo groups is 1. The number of hydrogen-bond acceptors (Lipinski definition) is 5. The molecule has 248 valence electrons. The minimum atomic E-state index is -0.241. The monoisotopic (exact) mass is 624 g/mol. The van der Waals surface area contributed by atoms with Gasteiger partial charge in [-0.05, 0) is 140 Å². The van der Waals surface area contributed by atoms with Crippen molar-refractivity contribution < 1.29 is 14.3 Å². The van der Waals surface area contributed by atoms with Gasteiger partial charge in [-0.1, -0.05) is 65.5 Å². The van der Waals surface area contributed by atoms with Crippen molar-refractivity contribution in [1.82, 2.24) is 0 Å². The normalized spacial score (nSPS) is 32.8. The summed E-state index contributed by atoms with van der Waals surface area (Å²) < 4.78 is 11.3. The molecule has 0 aliphatic heterocycles. The summed E-state index contributed by atoms with van der Waals surface area (Å²) in [6.07, 6.45) is 16.5. The number of carbonyl (C=O) groups excluding carboxylic acids is 1. The van der Waals surface area contributed by atoms with E-state index in [9.17, 15) is 4.79 Å². The molecule has 0 heterocycles. The number of hydrogen-bond donors (Lipinski definition) is 0. The van der Waals surface area contributed by atoms with Crippen molar-refractivity contribution >= 4 is 17.3 Å². The average Bonchev–Trinajstić information content (AvgIpc) is 3.41. The van der Waals surface area contributed by atoms with Crippen LogP contribution in [0, 0.1) is 46.3 Å². The summed E-state index contributed by atoms with van der Waals surface area (Å²) in [6, 6.07) is 14.7. The topological polar surface area (TPSA) is 60.2 Å². The van der Waals surface area contributed by atoms with Crippen molar-refractivity contribution in [2.45, 2.75) is 111 Å². The van der Waals surface area contributed by atoms with E-state index in [1.54, 1.807) is 24.8 Å². The number of carbonyl (C=O) groups is 1. The van der Waals surface area contributed by atoms with Crippen molar-refractivity contribution in [3.05, 3.63) is 65.7 Å². The van der Waals surface area contributed by atoms with E-state index in [0.29, 0.717) is 16.7 Å². The molecule has 0 spiro atoms. The first-order valence-corrected chi connectivity index (χ1v) is 18.2. The molecule has 0 bridgehead atoms. The molecule has 4 aliphatic carbocycles. The van der Waals surface area contributed by atoms with Crippen molar-refractivity contribution in [3.63, 3.8) is 0 Å². The lowest BCUT2D eigenvalue weighted by molar-refractivity contribution is -0.0594. The Kier molecular flexibility index (Phi) is 9.78. The van der Waals surface area contributed by atoms with Gasteiger partial charge in [0.05, 0.1) is 24.0 Å². The van der Waals surface area contributed by atoms with Gasteiger partial charge in [-0.15, -0.1) is 0 Å². The van der Waals surface area contributed by atoms with Crippen LogP contribution < -0.4 is 4.74 Å². The molecule has 5 heteroatoms. The van der Waals surface area contributed by atoms with E-state index in [2.05, 4.69) is 50.9 Å². The molecule has 4 aliphatic rings. The number of fused-ring (bicyclic) bond motifs is 5. The van der Waals surface area contributed by atoms with Gasteiger partial charge >= 0.3 is 5.97 Å². The number of esters is 1. The van der Waals surface area contributed by atoms with Gasteiger partial charge in [0.25, 0.3) is 0 Å². The first-order chi connectivity index (χ1) is 22.1. The van der Waals surface area contributed by atoms with Crippen LogP contribution in [0.4, 0.5) is 11.4 Å². The molecule has 3 saturated carbocycles. The van der Waals surface area contributed by atoms with Crippen LogP contribution in [0.15, 0.2) is 70.4 Å². The van der Waals surface area contributed by atoms with Gasteiger partial charge < -0.3 is 9.47 Å². The summed E-state index contributed by atoms with van der Waals surface area (Å²) in [7, 11) is 1.64. The second-order valence-corrected chi connectivity index (χ2v) is 16.0. The molecule has 2 aromatic carbocycles. The van der Waals surface area contributed by atoms with Crippen LogP contribution in [-0.2, 0) is 4.74 Å². The molecule has 2 aromatic rings. The quantitative estimate of drug-likeness (QED) is 0.150. The van der Waals surface area contributed by atoms with Gasteiger partial charge in [-0.3, -0.25) is 0 Å². The van der Waals surface area contributed by atoms with Gasteiger partial charge in [0.1, 0.15) is 11.9 Å². The Morgan fingerprint density at radius 2 is 1.57 bits per heavy atom. The van der Waals surface area contributed by atoms with Gasteiger partial charge in [0.15, 0.2) is 0 Å². The first kappa shape index (κ1) is 33.0. The standard InChI is InChI=1S/C41H56N2O3/c1-27(2)8-7-9-28(3)36-20-21-37-35-19-12-30-26-34(22-24-40(30,4)38(35)23-25-41(36,37)5)46-39(44)29-10-13-31(14-11-29)42-43-32-15-17-33(45-6)18-16-32/h10-18,27-28,34-38H,7-9,19-26H2,1-6H3/t28-,34?,35?,36-,37?,38?,40+,41-/m1/s1. The Morgan fingerprint density at radius 1 is 0.870 bits per heavy atom. The number of nitrogens with zero attached hydrogens (tertiary/aromatic N) is 2. The van der Waals surface area contributed by atoms with E-state index in [-0.39, 0.29) is 17.5 Å². The summed E-state index contributed by atoms with van der Waals surface area (Å²) in [4.78, 5) is 13.2. The van der Waals surface area contributed by atoms with Crippen molar-refractivity contribution in [1.29, 1.82) is 0 Å². The van der Waals surface area contributed by atoms with Gasteiger partial charge in [0.2, 0.25) is 0 Å². The minimum absolute atomic E-state index is 0.0470. The third kappa shape index (κ3) is 6.58. The highest BCUT2D eigenvalue weighted by atomic mass is 16.5. The Balaban J connectivity index is 1.05. The second kappa shape index (κ2) is 13.6. The molecular weight excluding hydrogens is 568 g/mol. The molecule has 4 unspecified atom stereocenters. The number of ether oxygens (including phenoxy) is 2. The Labute approximate surface area is 277 Å². The van der Waals surface area contributed by atoms with Crippen molar-refractivity contribution in [3.8, 4) is 5.75 Å². The predicted octanol–water partition coefficient (Wildman–Crippen LogP) is 11.7. The smallest absolute Gasteiger partial charge is 0.338 e. The zero-order valence-electron chi connectivity index (χ0n) is 29.1. The van der Waals surface area contributed by atoms with Gasteiger partial charge in [-0.2, -0.15) is 10.2 Å². The average molecular weight is 625 g/mol. The Bertz CT molecular complexity index is 1410. The van der Waals surface area contributed by atoms with E-state index in [1.807, 2.05) is 36.4 Å². The lowest BCUT2D eigenvalue weighted by atomic mass is 9.47. The van der Waals surface area contributed by atoms with E-state index in [1.165, 1.54) is 51.4 Å². The molecule has 0 amide bonds. The van der Waals surface area contributed by atoms with E-state index in [4.69, 9.17) is 9.47 Å². The molecule has 0 N–H and O–H groups in total. The maximum Gasteiger partial charge on any atom is 0.338 e. The molecule has 5 nitrogen and oxygen atoms in total. The first-order valence-electron chi connectivity index (χ1n) is 18.2. The molecule has 0 radical (unpaired) electrons. The molecule has 0 aromatic heterocycles. The van der Waals surface area contributed by atoms with Crippen LogP contribution >= 0.6 is 0 Å². The summed E-state index contributed by atoms with van der Waals surface area (Å²) in [5.41, 5.74) is 4.33. The fourth-order valence-electron chi connectivity index (χ4n) is 10.4. The largest absolute Gasteiger partial charge is 0.497 e. The molecule has 46 heavy (non-hydrogen) atoms. The zero-order valence-corrected chi connectivity index (χ0v) is 29.1. The fourth-order valence-corrected chi connectivity index (χ4v) is 10.4. The maximum atomic E-state index is 13.2. The van der Waals surface area contributed by atoms with Crippen LogP contribution in [0.1, 0.15) is 116 Å². The summed E-state index contributed by atoms with van der Waals surface area (Å²) in [5.74, 6) is 5.56. The lowest BCUT2D eigenvalue weighted by Gasteiger charge is -2.58. The third-order valence-electron chi connectivity index (χ3n) is 13.0. The molecular formula is C41H56N2O3. The highest BCUT2D eigenvalue weighted by molar-refractivity contribution is 5.89. The number of allylic oxidation sites excluding steroid dienone is 1. The zero-order chi connectivity index (χ0) is 32.5. The van der Waals surface area contributed by atoms with Crippen LogP contribution in [-0.4, -0.2) is 19.2 Å². The molecule has 6 rings (SSSR count). The highest BCUT2D eigenvalue weighted by Gasteiger charge is 2.59. The molecule has 3 fully saturated rings. The highest BCUT2D eigenvalue weighted by Crippen LogP contribution is 2.67. The minimum Gasteiger partial charge on any atom is -0.497 e. The van der Waals surface area contributed by atoms with Crippen LogP contribution in [0.25, 0.3) is 0 Å². The van der Waals surface area contributed by atoms with Crippen LogP contribution in [0.5, 0.6) is 5.75 Å². The molecule has 8 atom stereocenters. The Morgan fingerprint density at radius 3 is 2.24 bits per heavy atom. The number of benzene rings is 2. The Hall–Kier alpha value is -2.95. The van der Waals surface area contributed by atoms with Crippen molar-refractivity contribution in [2.75, 3.05) is 7.11 Å². The van der Waals surface area contributed by atoms with Crippen LogP contribution in [0.2, 0.25) is 0 Å². The summed E-state index contributed by atoms with van der Waals surface area (Å²) >= 11 is 0.